The molecule has 0 saturated heterocycles. The number of aliphatic carboxylic acids is 1. The molecule has 0 spiro atoms. The van der Waals surface area contributed by atoms with Crippen LogP contribution in [0.3, 0.4) is 0 Å². The van der Waals surface area contributed by atoms with Crippen LogP contribution in [-0.4, -0.2) is 46.0 Å². The van der Waals surface area contributed by atoms with E-state index < -0.39 is 16.9 Å². The lowest BCUT2D eigenvalue weighted by Crippen LogP contribution is -2.59. The van der Waals surface area contributed by atoms with Crippen molar-refractivity contribution in [2.45, 2.75) is 39.3 Å². The molecule has 7 nitrogen and oxygen atoms in total. The minimum Gasteiger partial charge on any atom is -0.480 e. The van der Waals surface area contributed by atoms with Crippen molar-refractivity contribution in [2.24, 2.45) is 5.41 Å². The summed E-state index contributed by atoms with van der Waals surface area (Å²) in [6.45, 7) is 7.63. The van der Waals surface area contributed by atoms with Crippen molar-refractivity contribution in [1.82, 2.24) is 20.2 Å². The molecule has 0 saturated carbocycles. The normalized spacial score (nSPS) is 13.1. The molecule has 7 heteroatoms. The van der Waals surface area contributed by atoms with E-state index in [1.54, 1.807) is 0 Å². The van der Waals surface area contributed by atoms with Crippen molar-refractivity contribution in [3.63, 3.8) is 0 Å². The fraction of sp³-hybridized carbons (Fsp3) is 0.303. The van der Waals surface area contributed by atoms with Crippen molar-refractivity contribution >= 4 is 11.8 Å². The Morgan fingerprint density at radius 2 is 1.45 bits per heavy atom. The number of hydrogen-bond acceptors (Lipinski definition) is 5. The van der Waals surface area contributed by atoms with Crippen molar-refractivity contribution < 1.29 is 14.7 Å². The van der Waals surface area contributed by atoms with Crippen LogP contribution in [0.15, 0.2) is 97.2 Å². The number of Topliss-reactive ketones (excluding diaryl/α,β-unsaturated/α-hetero) is 1. The van der Waals surface area contributed by atoms with Crippen LogP contribution in [0, 0.1) is 5.41 Å². The molecule has 40 heavy (non-hydrogen) atoms. The monoisotopic (exact) mass is 538 g/mol. The average Bonchev–Trinajstić information content (AvgIpc) is 3.37. The third kappa shape index (κ3) is 6.55. The van der Waals surface area contributed by atoms with Gasteiger partial charge >= 0.3 is 5.97 Å². The first-order chi connectivity index (χ1) is 19.2. The van der Waals surface area contributed by atoms with E-state index in [2.05, 4.69) is 48.1 Å². The molecule has 0 fully saturated rings. The van der Waals surface area contributed by atoms with Crippen LogP contribution in [0.1, 0.15) is 48.9 Å². The lowest BCUT2D eigenvalue weighted by Gasteiger charge is -2.44. The van der Waals surface area contributed by atoms with E-state index >= 15 is 0 Å². The zero-order valence-electron chi connectivity index (χ0n) is 23.4. The first-order valence-electron chi connectivity index (χ1n) is 13.7. The zero-order chi connectivity index (χ0) is 28.6. The van der Waals surface area contributed by atoms with Crippen molar-refractivity contribution in [3.05, 3.63) is 114 Å². The predicted molar refractivity (Wildman–Crippen MR) is 158 cm³/mol. The second kappa shape index (κ2) is 12.9. The van der Waals surface area contributed by atoms with Gasteiger partial charge in [0, 0.05) is 23.9 Å². The lowest BCUT2D eigenvalue weighted by atomic mass is 9.68. The highest BCUT2D eigenvalue weighted by atomic mass is 16.4. The maximum Gasteiger partial charge on any atom is 0.317 e. The number of benzene rings is 3. The second-order valence-electron chi connectivity index (χ2n) is 11.0. The smallest absolute Gasteiger partial charge is 0.317 e. The minimum atomic E-state index is -1.18. The van der Waals surface area contributed by atoms with Gasteiger partial charge < -0.3 is 15.0 Å². The van der Waals surface area contributed by atoms with Crippen LogP contribution in [0.4, 0.5) is 0 Å². The van der Waals surface area contributed by atoms with Gasteiger partial charge in [0.2, 0.25) is 0 Å². The molecule has 3 aromatic carbocycles. The average molecular weight is 539 g/mol. The summed E-state index contributed by atoms with van der Waals surface area (Å²) in [5.74, 6) is -0.304. The molecular formula is C33H38N4O3. The van der Waals surface area contributed by atoms with Gasteiger partial charge in [0.25, 0.3) is 0 Å². The quantitative estimate of drug-likeness (QED) is 0.156. The van der Waals surface area contributed by atoms with E-state index in [-0.39, 0.29) is 12.3 Å². The number of carbonyl (C=O) groups excluding carboxylic acids is 1. The summed E-state index contributed by atoms with van der Waals surface area (Å²) in [5.41, 5.74) is 1.72. The molecular weight excluding hydrogens is 500 g/mol. The Labute approximate surface area is 236 Å². The summed E-state index contributed by atoms with van der Waals surface area (Å²) in [5, 5.41) is 15.5. The van der Waals surface area contributed by atoms with Gasteiger partial charge in [-0.3, -0.25) is 14.9 Å². The minimum absolute atomic E-state index is 0.0568. The molecule has 1 heterocycles. The third-order valence-electron chi connectivity index (χ3n) is 7.08. The summed E-state index contributed by atoms with van der Waals surface area (Å²) in [6.07, 6.45) is 2.67. The topological polar surface area (TPSA) is 96.2 Å². The van der Waals surface area contributed by atoms with E-state index in [1.807, 2.05) is 85.1 Å². The molecule has 4 aromatic rings. The number of ketones is 1. The zero-order valence-corrected chi connectivity index (χ0v) is 23.4. The maximum absolute atomic E-state index is 14.7. The van der Waals surface area contributed by atoms with Crippen molar-refractivity contribution in [3.8, 4) is 11.3 Å². The second-order valence-corrected chi connectivity index (χ2v) is 11.0. The first-order valence-corrected chi connectivity index (χ1v) is 13.7. The molecule has 3 N–H and O–H groups in total. The molecule has 1 aromatic heterocycles. The first kappa shape index (κ1) is 28.9. The molecule has 208 valence electrons. The number of imidazole rings is 1. The maximum atomic E-state index is 14.7. The summed E-state index contributed by atoms with van der Waals surface area (Å²) in [4.78, 5) is 30.8. The van der Waals surface area contributed by atoms with E-state index in [9.17, 15) is 9.59 Å². The van der Waals surface area contributed by atoms with Crippen LogP contribution >= 0.6 is 0 Å². The number of aromatic nitrogens is 2. The largest absolute Gasteiger partial charge is 0.480 e. The summed E-state index contributed by atoms with van der Waals surface area (Å²) in [7, 11) is 0. The Morgan fingerprint density at radius 1 is 0.850 bits per heavy atom. The standard InChI is InChI=1S/C33H38N4O3/c1-32(2,3)33(30(40)27-18-11-6-12-19-27,35-21-13-20-34-22-29(38)39)31-36-28(26-16-9-5-10-17-26)24-37(31)23-25-14-7-4-8-15-25/h4-12,14-19,24,34-35H,13,20-23H2,1-3H3,(H,38,39)/t33-/m0/s1. The Morgan fingerprint density at radius 3 is 2.05 bits per heavy atom. The fourth-order valence-electron chi connectivity index (χ4n) is 5.06. The molecule has 0 aliphatic heterocycles. The molecule has 4 rings (SSSR count). The number of hydrogen-bond donors (Lipinski definition) is 3. The van der Waals surface area contributed by atoms with Gasteiger partial charge in [-0.1, -0.05) is 112 Å². The van der Waals surface area contributed by atoms with E-state index in [4.69, 9.17) is 10.1 Å². The van der Waals surface area contributed by atoms with Gasteiger partial charge in [0.15, 0.2) is 5.78 Å². The lowest BCUT2D eigenvalue weighted by molar-refractivity contribution is -0.135. The molecule has 1 atom stereocenters. The van der Waals surface area contributed by atoms with Crippen molar-refractivity contribution in [2.75, 3.05) is 19.6 Å². The van der Waals surface area contributed by atoms with Gasteiger partial charge in [0.05, 0.1) is 12.2 Å². The Kier molecular flexibility index (Phi) is 9.30. The number of carbonyl (C=O) groups is 2. The highest BCUT2D eigenvalue weighted by molar-refractivity contribution is 6.04. The number of nitrogens with zero attached hydrogens (tertiary/aromatic N) is 2. The molecule has 0 amide bonds. The molecule has 0 radical (unpaired) electrons. The van der Waals surface area contributed by atoms with Gasteiger partial charge in [-0.15, -0.1) is 0 Å². The van der Waals surface area contributed by atoms with E-state index in [0.29, 0.717) is 37.4 Å². The Balaban J connectivity index is 1.85. The summed E-state index contributed by atoms with van der Waals surface area (Å²) in [6, 6.07) is 29.5. The highest BCUT2D eigenvalue weighted by Crippen LogP contribution is 2.42. The SMILES string of the molecule is CC(C)(C)[C@](NCCCNCC(=O)O)(C(=O)c1ccccc1)c1nc(-c2ccccc2)cn1Cc1ccccc1. The summed E-state index contributed by atoms with van der Waals surface area (Å²) >= 11 is 0. The van der Waals surface area contributed by atoms with E-state index in [0.717, 1.165) is 16.8 Å². The number of carboxylic acid groups (broad SMARTS) is 1. The van der Waals surface area contributed by atoms with Gasteiger partial charge in [0.1, 0.15) is 11.4 Å². The van der Waals surface area contributed by atoms with E-state index in [1.165, 1.54) is 0 Å². The number of nitrogens with one attached hydrogen (secondary N) is 2. The Hall–Kier alpha value is -4.07. The number of carboxylic acids is 1. The Bertz CT molecular complexity index is 1400. The molecule has 0 aliphatic carbocycles. The summed E-state index contributed by atoms with van der Waals surface area (Å²) < 4.78 is 2.10. The third-order valence-corrected chi connectivity index (χ3v) is 7.08. The van der Waals surface area contributed by atoms with Crippen LogP contribution in [0.5, 0.6) is 0 Å². The van der Waals surface area contributed by atoms with Crippen molar-refractivity contribution in [1.29, 1.82) is 0 Å². The molecule has 0 unspecified atom stereocenters. The van der Waals surface area contributed by atoms with Crippen LogP contribution in [0.2, 0.25) is 0 Å². The van der Waals surface area contributed by atoms with Crippen LogP contribution < -0.4 is 10.6 Å². The van der Waals surface area contributed by atoms with Crippen LogP contribution in [-0.2, 0) is 16.9 Å². The highest BCUT2D eigenvalue weighted by Gasteiger charge is 2.53. The van der Waals surface area contributed by atoms with Gasteiger partial charge in [-0.25, -0.2) is 4.98 Å². The molecule has 0 aliphatic rings. The van der Waals surface area contributed by atoms with Gasteiger partial charge in [-0.2, -0.15) is 0 Å². The van der Waals surface area contributed by atoms with Crippen LogP contribution in [0.25, 0.3) is 11.3 Å². The molecule has 0 bridgehead atoms. The van der Waals surface area contributed by atoms with Gasteiger partial charge in [-0.05, 0) is 30.5 Å². The number of rotatable bonds is 13. The predicted octanol–water partition coefficient (Wildman–Crippen LogP) is 5.38. The fourth-order valence-corrected chi connectivity index (χ4v) is 5.06.